The molecular weight excluding hydrogens is 266 g/mol. The number of carboxylic acids is 1. The predicted octanol–water partition coefficient (Wildman–Crippen LogP) is 2.84. The number of rotatable bonds is 5. The summed E-state index contributed by atoms with van der Waals surface area (Å²) in [5.41, 5.74) is 2.28. The Morgan fingerprint density at radius 1 is 1.24 bits per heavy atom. The van der Waals surface area contributed by atoms with Crippen molar-refractivity contribution >= 4 is 11.9 Å². The van der Waals surface area contributed by atoms with Crippen LogP contribution in [0.1, 0.15) is 37.3 Å². The highest BCUT2D eigenvalue weighted by molar-refractivity contribution is 5.85. The lowest BCUT2D eigenvalue weighted by molar-refractivity contribution is -0.149. The first-order valence-electron chi connectivity index (χ1n) is 7.60. The summed E-state index contributed by atoms with van der Waals surface area (Å²) in [6.07, 6.45) is 2.14. The molecule has 2 unspecified atom stereocenters. The maximum Gasteiger partial charge on any atom is 0.307 e. The zero-order valence-electron chi connectivity index (χ0n) is 12.7. The van der Waals surface area contributed by atoms with Gasteiger partial charge in [0.05, 0.1) is 11.8 Å². The standard InChI is InChI=1S/C17H23NO3/c1-3-18(11-13-8-5-4-7-12(13)2)16(19)14-9-6-10-15(14)17(20)21/h4-5,7-8,14-15H,3,6,9-11H2,1-2H3,(H,20,21). The molecular formula is C17H23NO3. The van der Waals surface area contributed by atoms with Gasteiger partial charge in [-0.05, 0) is 37.8 Å². The molecule has 1 aliphatic rings. The summed E-state index contributed by atoms with van der Waals surface area (Å²) in [7, 11) is 0. The minimum atomic E-state index is -0.835. The average Bonchev–Trinajstić information content (AvgIpc) is 2.95. The minimum absolute atomic E-state index is 0.00865. The molecule has 1 aromatic rings. The Balaban J connectivity index is 2.12. The van der Waals surface area contributed by atoms with Crippen molar-refractivity contribution in [1.82, 2.24) is 4.90 Å². The van der Waals surface area contributed by atoms with E-state index in [-0.39, 0.29) is 11.8 Å². The molecule has 1 saturated carbocycles. The van der Waals surface area contributed by atoms with Gasteiger partial charge in [-0.25, -0.2) is 0 Å². The number of carbonyl (C=O) groups is 2. The lowest BCUT2D eigenvalue weighted by Crippen LogP contribution is -2.38. The van der Waals surface area contributed by atoms with Gasteiger partial charge in [0.1, 0.15) is 0 Å². The number of amides is 1. The summed E-state index contributed by atoms with van der Waals surface area (Å²) in [5.74, 6) is -1.71. The maximum atomic E-state index is 12.7. The quantitative estimate of drug-likeness (QED) is 0.906. The van der Waals surface area contributed by atoms with Gasteiger partial charge < -0.3 is 10.0 Å². The van der Waals surface area contributed by atoms with E-state index in [1.165, 1.54) is 0 Å². The Morgan fingerprint density at radius 2 is 1.90 bits per heavy atom. The van der Waals surface area contributed by atoms with Crippen molar-refractivity contribution < 1.29 is 14.7 Å². The van der Waals surface area contributed by atoms with Gasteiger partial charge >= 0.3 is 5.97 Å². The molecule has 21 heavy (non-hydrogen) atoms. The molecule has 1 aromatic carbocycles. The Labute approximate surface area is 125 Å². The van der Waals surface area contributed by atoms with Crippen LogP contribution < -0.4 is 0 Å². The second-order valence-corrected chi connectivity index (χ2v) is 5.76. The molecule has 0 aliphatic heterocycles. The smallest absolute Gasteiger partial charge is 0.307 e. The van der Waals surface area contributed by atoms with Crippen LogP contribution in [-0.4, -0.2) is 28.4 Å². The third-order valence-corrected chi connectivity index (χ3v) is 4.47. The number of aliphatic carboxylic acids is 1. The maximum absolute atomic E-state index is 12.7. The summed E-state index contributed by atoms with van der Waals surface area (Å²) in [6.45, 7) is 5.14. The van der Waals surface area contributed by atoms with Gasteiger partial charge in [0.2, 0.25) is 5.91 Å². The Morgan fingerprint density at radius 3 is 2.52 bits per heavy atom. The van der Waals surface area contributed by atoms with Gasteiger partial charge in [0.25, 0.3) is 0 Å². The van der Waals surface area contributed by atoms with E-state index in [9.17, 15) is 14.7 Å². The summed E-state index contributed by atoms with van der Waals surface area (Å²) < 4.78 is 0. The molecule has 4 heteroatoms. The Hall–Kier alpha value is -1.84. The lowest BCUT2D eigenvalue weighted by Gasteiger charge is -2.26. The van der Waals surface area contributed by atoms with Crippen LogP contribution in [0.3, 0.4) is 0 Å². The molecule has 0 radical (unpaired) electrons. The molecule has 114 valence electrons. The van der Waals surface area contributed by atoms with E-state index in [2.05, 4.69) is 0 Å². The van der Waals surface area contributed by atoms with Crippen LogP contribution in [0, 0.1) is 18.8 Å². The fraction of sp³-hybridized carbons (Fsp3) is 0.529. The summed E-state index contributed by atoms with van der Waals surface area (Å²) in [4.78, 5) is 25.7. The van der Waals surface area contributed by atoms with Crippen LogP contribution in [0.5, 0.6) is 0 Å². The number of benzene rings is 1. The van der Waals surface area contributed by atoms with Crippen molar-refractivity contribution in [2.75, 3.05) is 6.54 Å². The second kappa shape index (κ2) is 6.74. The van der Waals surface area contributed by atoms with Crippen molar-refractivity contribution in [1.29, 1.82) is 0 Å². The number of carboxylic acid groups (broad SMARTS) is 1. The molecule has 0 saturated heterocycles. The summed E-state index contributed by atoms with van der Waals surface area (Å²) in [5, 5.41) is 9.25. The molecule has 4 nitrogen and oxygen atoms in total. The number of nitrogens with zero attached hydrogens (tertiary/aromatic N) is 1. The van der Waals surface area contributed by atoms with Crippen LogP contribution in [0.2, 0.25) is 0 Å². The normalized spacial score (nSPS) is 21.2. The van der Waals surface area contributed by atoms with Crippen molar-refractivity contribution in [3.63, 3.8) is 0 Å². The van der Waals surface area contributed by atoms with Crippen LogP contribution >= 0.6 is 0 Å². The van der Waals surface area contributed by atoms with E-state index < -0.39 is 11.9 Å². The molecule has 2 atom stereocenters. The molecule has 1 aliphatic carbocycles. The highest BCUT2D eigenvalue weighted by atomic mass is 16.4. The van der Waals surface area contributed by atoms with E-state index in [4.69, 9.17) is 0 Å². The number of hydrogen-bond donors (Lipinski definition) is 1. The van der Waals surface area contributed by atoms with Crippen molar-refractivity contribution in [2.45, 2.75) is 39.7 Å². The third kappa shape index (κ3) is 3.43. The monoisotopic (exact) mass is 289 g/mol. The SMILES string of the molecule is CCN(Cc1ccccc1C)C(=O)C1CCCC1C(=O)O. The number of aryl methyl sites for hydroxylation is 1. The molecule has 2 rings (SSSR count). The molecule has 0 spiro atoms. The summed E-state index contributed by atoms with van der Waals surface area (Å²) >= 11 is 0. The van der Waals surface area contributed by atoms with Crippen molar-refractivity contribution in [3.05, 3.63) is 35.4 Å². The van der Waals surface area contributed by atoms with Crippen LogP contribution in [0.4, 0.5) is 0 Å². The lowest BCUT2D eigenvalue weighted by atomic mass is 9.94. The zero-order valence-corrected chi connectivity index (χ0v) is 12.7. The first-order valence-corrected chi connectivity index (χ1v) is 7.60. The molecule has 0 heterocycles. The van der Waals surface area contributed by atoms with E-state index in [0.29, 0.717) is 25.9 Å². The van der Waals surface area contributed by atoms with Gasteiger partial charge in [-0.15, -0.1) is 0 Å². The molecule has 1 amide bonds. The van der Waals surface area contributed by atoms with Gasteiger partial charge in [-0.3, -0.25) is 9.59 Å². The van der Waals surface area contributed by atoms with Gasteiger partial charge in [-0.1, -0.05) is 30.7 Å². The van der Waals surface area contributed by atoms with Gasteiger partial charge in [-0.2, -0.15) is 0 Å². The fourth-order valence-electron chi connectivity index (χ4n) is 3.12. The highest BCUT2D eigenvalue weighted by Crippen LogP contribution is 2.33. The predicted molar refractivity (Wildman–Crippen MR) is 80.7 cm³/mol. The second-order valence-electron chi connectivity index (χ2n) is 5.76. The topological polar surface area (TPSA) is 57.6 Å². The van der Waals surface area contributed by atoms with E-state index in [0.717, 1.165) is 17.5 Å². The molecule has 0 aromatic heterocycles. The van der Waals surface area contributed by atoms with Crippen molar-refractivity contribution in [2.24, 2.45) is 11.8 Å². The first kappa shape index (κ1) is 15.5. The number of carbonyl (C=O) groups excluding carboxylic acids is 1. The average molecular weight is 289 g/mol. The Bertz CT molecular complexity index is 527. The zero-order chi connectivity index (χ0) is 15.4. The van der Waals surface area contributed by atoms with E-state index in [1.807, 2.05) is 38.1 Å². The van der Waals surface area contributed by atoms with E-state index in [1.54, 1.807) is 4.90 Å². The largest absolute Gasteiger partial charge is 0.481 e. The molecule has 0 bridgehead atoms. The molecule has 1 fully saturated rings. The van der Waals surface area contributed by atoms with E-state index >= 15 is 0 Å². The van der Waals surface area contributed by atoms with Crippen molar-refractivity contribution in [3.8, 4) is 0 Å². The summed E-state index contributed by atoms with van der Waals surface area (Å²) in [6, 6.07) is 8.00. The van der Waals surface area contributed by atoms with Crippen LogP contribution in [0.15, 0.2) is 24.3 Å². The van der Waals surface area contributed by atoms with Crippen LogP contribution in [-0.2, 0) is 16.1 Å². The highest BCUT2D eigenvalue weighted by Gasteiger charge is 2.39. The first-order chi connectivity index (χ1) is 10.0. The van der Waals surface area contributed by atoms with Gasteiger partial charge in [0.15, 0.2) is 0 Å². The van der Waals surface area contributed by atoms with Crippen LogP contribution in [0.25, 0.3) is 0 Å². The Kier molecular flexibility index (Phi) is 4.99. The number of hydrogen-bond acceptors (Lipinski definition) is 2. The molecule has 1 N–H and O–H groups in total. The fourth-order valence-corrected chi connectivity index (χ4v) is 3.12. The minimum Gasteiger partial charge on any atom is -0.481 e. The van der Waals surface area contributed by atoms with Gasteiger partial charge in [0, 0.05) is 13.1 Å². The third-order valence-electron chi connectivity index (χ3n) is 4.47.